The Labute approximate surface area is 112 Å². The maximum absolute atomic E-state index is 11.9. The number of carbonyl (C=O) groups is 1. The van der Waals surface area contributed by atoms with E-state index in [0.29, 0.717) is 0 Å². The quantitative estimate of drug-likeness (QED) is 0.855. The molecule has 1 aromatic rings. The fraction of sp³-hybridized carbons (Fsp3) is 0.615. The number of nitrogens with zero attached hydrogens (tertiary/aromatic N) is 1. The number of rotatable bonds is 3. The molecule has 0 saturated carbocycles. The van der Waals surface area contributed by atoms with Crippen molar-refractivity contribution in [1.29, 1.82) is 0 Å². The van der Waals surface area contributed by atoms with Crippen LogP contribution >= 0.6 is 11.3 Å². The predicted molar refractivity (Wildman–Crippen MR) is 74.9 cm³/mol. The second-order valence-electron chi connectivity index (χ2n) is 4.74. The molecular formula is C13H21N3OS. The van der Waals surface area contributed by atoms with Crippen LogP contribution in [-0.2, 0) is 11.3 Å². The Hall–Kier alpha value is -0.910. The Balaban J connectivity index is 2.10. The molecule has 5 heteroatoms. The summed E-state index contributed by atoms with van der Waals surface area (Å²) < 4.78 is 0. The van der Waals surface area contributed by atoms with Gasteiger partial charge in [0.15, 0.2) is 0 Å². The molecule has 4 nitrogen and oxygen atoms in total. The lowest BCUT2D eigenvalue weighted by molar-refractivity contribution is -0.126. The van der Waals surface area contributed by atoms with Gasteiger partial charge in [0.05, 0.1) is 0 Å². The maximum atomic E-state index is 11.9. The van der Waals surface area contributed by atoms with Crippen LogP contribution < -0.4 is 10.6 Å². The Morgan fingerprint density at radius 1 is 1.61 bits per heavy atom. The Bertz CT molecular complexity index is 430. The minimum Gasteiger partial charge on any atom is -0.358 e. The van der Waals surface area contributed by atoms with Gasteiger partial charge < -0.3 is 10.6 Å². The van der Waals surface area contributed by atoms with Crippen molar-refractivity contribution in [1.82, 2.24) is 15.5 Å². The molecule has 2 N–H and O–H groups in total. The number of amides is 1. The Morgan fingerprint density at radius 3 is 3.00 bits per heavy atom. The molecule has 0 spiro atoms. The van der Waals surface area contributed by atoms with Gasteiger partial charge in [0.1, 0.15) is 6.04 Å². The average molecular weight is 267 g/mol. The number of thiophene rings is 1. The van der Waals surface area contributed by atoms with Crippen LogP contribution in [0.3, 0.4) is 0 Å². The molecule has 1 saturated heterocycles. The summed E-state index contributed by atoms with van der Waals surface area (Å²) in [5, 5.41) is 6.04. The molecule has 1 fully saturated rings. The summed E-state index contributed by atoms with van der Waals surface area (Å²) in [4.78, 5) is 16.8. The number of carbonyl (C=O) groups excluding carboxylic acids is 1. The van der Waals surface area contributed by atoms with Crippen LogP contribution in [0, 0.1) is 13.8 Å². The first-order valence-electron chi connectivity index (χ1n) is 6.34. The standard InChI is InChI=1S/C13H21N3OS/c1-9-6-11(10(2)18-9)8-16-5-4-15-7-12(16)13(17)14-3/h6,12,15H,4-5,7-8H2,1-3H3,(H,14,17). The minimum absolute atomic E-state index is 0.0524. The lowest BCUT2D eigenvalue weighted by atomic mass is 10.1. The summed E-state index contributed by atoms with van der Waals surface area (Å²) >= 11 is 1.83. The Morgan fingerprint density at radius 2 is 2.39 bits per heavy atom. The molecule has 1 unspecified atom stereocenters. The molecule has 0 aliphatic carbocycles. The van der Waals surface area contributed by atoms with E-state index in [1.807, 2.05) is 11.3 Å². The fourth-order valence-electron chi connectivity index (χ4n) is 2.42. The first-order chi connectivity index (χ1) is 8.61. The van der Waals surface area contributed by atoms with E-state index in [1.54, 1.807) is 7.05 Å². The summed E-state index contributed by atoms with van der Waals surface area (Å²) in [5.74, 6) is 0.104. The summed E-state index contributed by atoms with van der Waals surface area (Å²) in [5.41, 5.74) is 1.35. The van der Waals surface area contributed by atoms with Crippen LogP contribution in [0.4, 0.5) is 0 Å². The third kappa shape index (κ3) is 2.91. The van der Waals surface area contributed by atoms with E-state index in [-0.39, 0.29) is 11.9 Å². The smallest absolute Gasteiger partial charge is 0.238 e. The van der Waals surface area contributed by atoms with Crippen molar-refractivity contribution >= 4 is 17.2 Å². The minimum atomic E-state index is -0.0524. The second-order valence-corrected chi connectivity index (χ2v) is 6.20. The molecule has 2 heterocycles. The topological polar surface area (TPSA) is 44.4 Å². The summed E-state index contributed by atoms with van der Waals surface area (Å²) in [6.07, 6.45) is 0. The summed E-state index contributed by atoms with van der Waals surface area (Å²) in [7, 11) is 1.70. The van der Waals surface area contributed by atoms with Gasteiger partial charge in [-0.1, -0.05) is 0 Å². The lowest BCUT2D eigenvalue weighted by Crippen LogP contribution is -2.56. The Kier molecular flexibility index (Phi) is 4.37. The van der Waals surface area contributed by atoms with Crippen molar-refractivity contribution < 1.29 is 4.79 Å². The van der Waals surface area contributed by atoms with Crippen LogP contribution in [0.15, 0.2) is 6.07 Å². The number of aryl methyl sites for hydroxylation is 2. The van der Waals surface area contributed by atoms with Crippen molar-refractivity contribution in [3.8, 4) is 0 Å². The van der Waals surface area contributed by atoms with E-state index < -0.39 is 0 Å². The van der Waals surface area contributed by atoms with Crippen molar-refractivity contribution in [2.24, 2.45) is 0 Å². The highest BCUT2D eigenvalue weighted by molar-refractivity contribution is 7.12. The highest BCUT2D eigenvalue weighted by Gasteiger charge is 2.28. The van der Waals surface area contributed by atoms with Crippen LogP contribution in [0.5, 0.6) is 0 Å². The highest BCUT2D eigenvalue weighted by Crippen LogP contribution is 2.23. The van der Waals surface area contributed by atoms with Gasteiger partial charge in [0.25, 0.3) is 0 Å². The zero-order valence-corrected chi connectivity index (χ0v) is 12.1. The van der Waals surface area contributed by atoms with Crippen LogP contribution in [0.1, 0.15) is 15.3 Å². The van der Waals surface area contributed by atoms with Crippen molar-refractivity contribution in [3.05, 3.63) is 21.4 Å². The molecule has 1 aliphatic heterocycles. The van der Waals surface area contributed by atoms with Crippen molar-refractivity contribution in [2.45, 2.75) is 26.4 Å². The molecule has 100 valence electrons. The summed E-state index contributed by atoms with van der Waals surface area (Å²) in [6.45, 7) is 7.78. The third-order valence-corrected chi connectivity index (χ3v) is 4.43. The van der Waals surface area contributed by atoms with E-state index >= 15 is 0 Å². The molecule has 1 amide bonds. The van der Waals surface area contributed by atoms with Gasteiger partial charge in [-0.05, 0) is 25.5 Å². The molecule has 1 aliphatic rings. The van der Waals surface area contributed by atoms with Crippen molar-refractivity contribution in [3.63, 3.8) is 0 Å². The number of likely N-dealkylation sites (N-methyl/N-ethyl adjacent to an activating group) is 1. The van der Waals surface area contributed by atoms with E-state index in [1.165, 1.54) is 15.3 Å². The molecular weight excluding hydrogens is 246 g/mol. The fourth-order valence-corrected chi connectivity index (χ4v) is 3.36. The van der Waals surface area contributed by atoms with Crippen LogP contribution in [0.2, 0.25) is 0 Å². The van der Waals surface area contributed by atoms with E-state index in [4.69, 9.17) is 0 Å². The first kappa shape index (κ1) is 13.5. The van der Waals surface area contributed by atoms with E-state index in [9.17, 15) is 4.79 Å². The predicted octanol–water partition coefficient (Wildman–Crippen LogP) is 0.885. The molecule has 0 radical (unpaired) electrons. The van der Waals surface area contributed by atoms with Gasteiger partial charge in [-0.15, -0.1) is 11.3 Å². The number of hydrogen-bond donors (Lipinski definition) is 2. The number of nitrogens with one attached hydrogen (secondary N) is 2. The molecule has 0 bridgehead atoms. The van der Waals surface area contributed by atoms with Crippen molar-refractivity contribution in [2.75, 3.05) is 26.7 Å². The summed E-state index contributed by atoms with van der Waals surface area (Å²) in [6, 6.07) is 2.19. The highest BCUT2D eigenvalue weighted by atomic mass is 32.1. The van der Waals surface area contributed by atoms with Gasteiger partial charge in [-0.2, -0.15) is 0 Å². The van der Waals surface area contributed by atoms with Crippen LogP contribution in [-0.4, -0.2) is 43.5 Å². The monoisotopic (exact) mass is 267 g/mol. The molecule has 1 aromatic heterocycles. The first-order valence-corrected chi connectivity index (χ1v) is 7.15. The van der Waals surface area contributed by atoms with Crippen LogP contribution in [0.25, 0.3) is 0 Å². The van der Waals surface area contributed by atoms with E-state index in [2.05, 4.69) is 35.4 Å². The maximum Gasteiger partial charge on any atom is 0.238 e. The molecule has 2 rings (SSSR count). The third-order valence-electron chi connectivity index (χ3n) is 3.42. The zero-order valence-electron chi connectivity index (χ0n) is 11.2. The molecule has 0 aromatic carbocycles. The SMILES string of the molecule is CNC(=O)C1CNCCN1Cc1cc(C)sc1C. The lowest BCUT2D eigenvalue weighted by Gasteiger charge is -2.34. The normalized spacial score (nSPS) is 20.9. The van der Waals surface area contributed by atoms with Gasteiger partial charge in [-0.25, -0.2) is 0 Å². The second kappa shape index (κ2) is 5.82. The largest absolute Gasteiger partial charge is 0.358 e. The van der Waals surface area contributed by atoms with Gasteiger partial charge >= 0.3 is 0 Å². The molecule has 18 heavy (non-hydrogen) atoms. The average Bonchev–Trinajstić information content (AvgIpc) is 2.67. The van der Waals surface area contributed by atoms with Gasteiger partial charge in [-0.3, -0.25) is 9.69 Å². The van der Waals surface area contributed by atoms with E-state index in [0.717, 1.165) is 26.2 Å². The van der Waals surface area contributed by atoms with Gasteiger partial charge in [0, 0.05) is 43.0 Å². The zero-order chi connectivity index (χ0) is 13.1. The van der Waals surface area contributed by atoms with Gasteiger partial charge in [0.2, 0.25) is 5.91 Å². The number of hydrogen-bond acceptors (Lipinski definition) is 4. The molecule has 1 atom stereocenters. The number of piperazine rings is 1.